The normalized spacial score (nSPS) is 14.2. The van der Waals surface area contributed by atoms with Crippen LogP contribution in [0.4, 0.5) is 0 Å². The predicted molar refractivity (Wildman–Crippen MR) is 71.1 cm³/mol. The standard InChI is InChI=1S/C15H16O3/c1-10(17)11(2)18-15-8-7-12-5-3-4-6-13(12)14(15)9-16/h3-11,17H,1-2H3. The first kappa shape index (κ1) is 12.6. The van der Waals surface area contributed by atoms with Gasteiger partial charge < -0.3 is 9.84 Å². The first-order chi connectivity index (χ1) is 8.63. The average molecular weight is 244 g/mol. The molecule has 0 aromatic heterocycles. The number of ether oxygens (including phenoxy) is 1. The maximum absolute atomic E-state index is 11.3. The van der Waals surface area contributed by atoms with Gasteiger partial charge in [0.25, 0.3) is 0 Å². The molecule has 0 amide bonds. The van der Waals surface area contributed by atoms with Crippen molar-refractivity contribution in [1.82, 2.24) is 0 Å². The fourth-order valence-electron chi connectivity index (χ4n) is 1.80. The molecule has 3 heteroatoms. The minimum atomic E-state index is -0.587. The highest BCUT2D eigenvalue weighted by Crippen LogP contribution is 2.27. The smallest absolute Gasteiger partial charge is 0.154 e. The summed E-state index contributed by atoms with van der Waals surface area (Å²) >= 11 is 0. The Morgan fingerprint density at radius 2 is 1.89 bits per heavy atom. The van der Waals surface area contributed by atoms with Gasteiger partial charge in [-0.25, -0.2) is 0 Å². The number of fused-ring (bicyclic) bond motifs is 1. The van der Waals surface area contributed by atoms with Crippen LogP contribution in [0.15, 0.2) is 36.4 Å². The molecule has 2 aromatic rings. The SMILES string of the molecule is CC(O)C(C)Oc1ccc2ccccc2c1C=O. The molecule has 18 heavy (non-hydrogen) atoms. The van der Waals surface area contributed by atoms with E-state index in [9.17, 15) is 9.90 Å². The summed E-state index contributed by atoms with van der Waals surface area (Å²) in [7, 11) is 0. The first-order valence-corrected chi connectivity index (χ1v) is 5.95. The fraction of sp³-hybridized carbons (Fsp3) is 0.267. The largest absolute Gasteiger partial charge is 0.487 e. The van der Waals surface area contributed by atoms with E-state index >= 15 is 0 Å². The molecule has 0 bridgehead atoms. The maximum Gasteiger partial charge on any atom is 0.154 e. The van der Waals surface area contributed by atoms with Gasteiger partial charge in [0.05, 0.1) is 11.7 Å². The minimum Gasteiger partial charge on any atom is -0.487 e. The quantitative estimate of drug-likeness (QED) is 0.841. The Balaban J connectivity index is 2.48. The first-order valence-electron chi connectivity index (χ1n) is 5.95. The van der Waals surface area contributed by atoms with Gasteiger partial charge in [0.1, 0.15) is 11.9 Å². The molecule has 2 aromatic carbocycles. The molecule has 0 radical (unpaired) electrons. The maximum atomic E-state index is 11.3. The van der Waals surface area contributed by atoms with Crippen molar-refractivity contribution in [2.75, 3.05) is 0 Å². The van der Waals surface area contributed by atoms with Crippen LogP contribution in [0.3, 0.4) is 0 Å². The highest BCUT2D eigenvalue weighted by atomic mass is 16.5. The summed E-state index contributed by atoms with van der Waals surface area (Å²) in [6.45, 7) is 3.43. The molecule has 0 fully saturated rings. The molecule has 2 unspecified atom stereocenters. The van der Waals surface area contributed by atoms with Crippen LogP contribution in [0.2, 0.25) is 0 Å². The third-order valence-corrected chi connectivity index (χ3v) is 3.04. The molecule has 0 aliphatic heterocycles. The molecule has 2 atom stereocenters. The number of carbonyl (C=O) groups excluding carboxylic acids is 1. The molecular formula is C15H16O3. The van der Waals surface area contributed by atoms with Crippen LogP contribution in [0.5, 0.6) is 5.75 Å². The average Bonchev–Trinajstić information content (AvgIpc) is 2.38. The van der Waals surface area contributed by atoms with E-state index in [2.05, 4.69) is 0 Å². The van der Waals surface area contributed by atoms with E-state index < -0.39 is 6.10 Å². The Bertz CT molecular complexity index is 561. The van der Waals surface area contributed by atoms with E-state index in [1.54, 1.807) is 19.9 Å². The molecule has 0 saturated heterocycles. The number of aliphatic hydroxyl groups excluding tert-OH is 1. The third-order valence-electron chi connectivity index (χ3n) is 3.04. The van der Waals surface area contributed by atoms with Crippen molar-refractivity contribution in [3.8, 4) is 5.75 Å². The molecule has 0 aliphatic carbocycles. The zero-order valence-corrected chi connectivity index (χ0v) is 10.5. The number of aldehydes is 1. The van der Waals surface area contributed by atoms with Crippen molar-refractivity contribution >= 4 is 17.1 Å². The number of aliphatic hydroxyl groups is 1. The van der Waals surface area contributed by atoms with Crippen molar-refractivity contribution < 1.29 is 14.6 Å². The molecule has 0 spiro atoms. The number of rotatable bonds is 4. The predicted octanol–water partition coefficient (Wildman–Crippen LogP) is 2.80. The van der Waals surface area contributed by atoms with Crippen molar-refractivity contribution in [2.45, 2.75) is 26.1 Å². The van der Waals surface area contributed by atoms with E-state index in [-0.39, 0.29) is 6.10 Å². The summed E-state index contributed by atoms with van der Waals surface area (Å²) in [6, 6.07) is 11.3. The van der Waals surface area contributed by atoms with Crippen molar-refractivity contribution in [2.24, 2.45) is 0 Å². The van der Waals surface area contributed by atoms with Gasteiger partial charge in [0.2, 0.25) is 0 Å². The van der Waals surface area contributed by atoms with E-state index in [1.807, 2.05) is 30.3 Å². The van der Waals surface area contributed by atoms with Crippen LogP contribution in [0.25, 0.3) is 10.8 Å². The second kappa shape index (κ2) is 5.19. The lowest BCUT2D eigenvalue weighted by atomic mass is 10.0. The lowest BCUT2D eigenvalue weighted by molar-refractivity contribution is 0.0599. The molecule has 0 saturated carbocycles. The van der Waals surface area contributed by atoms with Gasteiger partial charge in [-0.05, 0) is 30.7 Å². The Morgan fingerprint density at radius 3 is 2.56 bits per heavy atom. The molecule has 0 heterocycles. The molecular weight excluding hydrogens is 228 g/mol. The Morgan fingerprint density at radius 1 is 1.17 bits per heavy atom. The second-order valence-corrected chi connectivity index (χ2v) is 4.38. The van der Waals surface area contributed by atoms with Crippen LogP contribution in [-0.4, -0.2) is 23.6 Å². The Labute approximate surface area is 106 Å². The van der Waals surface area contributed by atoms with Gasteiger partial charge in [0.15, 0.2) is 6.29 Å². The summed E-state index contributed by atoms with van der Waals surface area (Å²) < 4.78 is 5.62. The monoisotopic (exact) mass is 244 g/mol. The van der Waals surface area contributed by atoms with Gasteiger partial charge in [0, 0.05) is 0 Å². The van der Waals surface area contributed by atoms with E-state index in [0.717, 1.165) is 17.1 Å². The van der Waals surface area contributed by atoms with E-state index in [1.165, 1.54) is 0 Å². The zero-order valence-electron chi connectivity index (χ0n) is 10.5. The highest BCUT2D eigenvalue weighted by Gasteiger charge is 2.14. The summed E-state index contributed by atoms with van der Waals surface area (Å²) in [5.74, 6) is 0.511. The van der Waals surface area contributed by atoms with Gasteiger partial charge in [-0.15, -0.1) is 0 Å². The highest BCUT2D eigenvalue weighted by molar-refractivity contribution is 6.00. The van der Waals surface area contributed by atoms with Gasteiger partial charge in [-0.3, -0.25) is 4.79 Å². The number of carbonyl (C=O) groups is 1. The molecule has 1 N–H and O–H groups in total. The van der Waals surface area contributed by atoms with E-state index in [0.29, 0.717) is 11.3 Å². The minimum absolute atomic E-state index is 0.357. The summed E-state index contributed by atoms with van der Waals surface area (Å²) in [5, 5.41) is 11.3. The summed E-state index contributed by atoms with van der Waals surface area (Å²) in [4.78, 5) is 11.3. The fourth-order valence-corrected chi connectivity index (χ4v) is 1.80. The van der Waals surface area contributed by atoms with E-state index in [4.69, 9.17) is 4.74 Å². The van der Waals surface area contributed by atoms with Crippen LogP contribution in [0, 0.1) is 0 Å². The van der Waals surface area contributed by atoms with Gasteiger partial charge in [-0.2, -0.15) is 0 Å². The van der Waals surface area contributed by atoms with Crippen molar-refractivity contribution in [1.29, 1.82) is 0 Å². The lowest BCUT2D eigenvalue weighted by Gasteiger charge is -2.19. The van der Waals surface area contributed by atoms with Crippen LogP contribution < -0.4 is 4.74 Å². The summed E-state index contributed by atoms with van der Waals surface area (Å²) in [5.41, 5.74) is 0.528. The lowest BCUT2D eigenvalue weighted by Crippen LogP contribution is -2.26. The molecule has 2 rings (SSSR count). The topological polar surface area (TPSA) is 46.5 Å². The molecule has 0 aliphatic rings. The second-order valence-electron chi connectivity index (χ2n) is 4.38. The van der Waals surface area contributed by atoms with Gasteiger partial charge in [-0.1, -0.05) is 30.3 Å². The summed E-state index contributed by atoms with van der Waals surface area (Å²) in [6.07, 6.45) is -0.146. The molecule has 3 nitrogen and oxygen atoms in total. The third kappa shape index (κ3) is 2.36. The van der Waals surface area contributed by atoms with Crippen LogP contribution in [0.1, 0.15) is 24.2 Å². The van der Waals surface area contributed by atoms with Gasteiger partial charge >= 0.3 is 0 Å². The molecule has 94 valence electrons. The number of hydrogen-bond donors (Lipinski definition) is 1. The Hall–Kier alpha value is -1.87. The van der Waals surface area contributed by atoms with Crippen molar-refractivity contribution in [3.63, 3.8) is 0 Å². The van der Waals surface area contributed by atoms with Crippen LogP contribution in [-0.2, 0) is 0 Å². The number of benzene rings is 2. The zero-order chi connectivity index (χ0) is 13.1. The van der Waals surface area contributed by atoms with Crippen LogP contribution >= 0.6 is 0 Å². The Kier molecular flexibility index (Phi) is 3.63. The van der Waals surface area contributed by atoms with Crippen molar-refractivity contribution in [3.05, 3.63) is 42.0 Å². The number of hydrogen-bond acceptors (Lipinski definition) is 3.